The first-order chi connectivity index (χ1) is 17.9. The first kappa shape index (κ1) is 25.5. The molecule has 3 nitrogen and oxygen atoms in total. The molecule has 0 aliphatic carbocycles. The quantitative estimate of drug-likeness (QED) is 0.253. The van der Waals surface area contributed by atoms with Crippen LogP contribution in [0.1, 0.15) is 11.1 Å². The van der Waals surface area contributed by atoms with Crippen LogP contribution in [0.15, 0.2) is 144 Å². The molecule has 0 saturated carbocycles. The zero-order valence-corrected chi connectivity index (χ0v) is 24.2. The average molecular weight is 615 g/mol. The van der Waals surface area contributed by atoms with E-state index < -0.39 is 27.9 Å². The van der Waals surface area contributed by atoms with E-state index in [-0.39, 0.29) is 4.90 Å². The SMILES string of the molecule is Cc1ccc(S(=O)(=O)[O][Sb]([c]2ccccc2)([c]2ccccc2)([c]2ccccc2)[c]2ccccc2)c(C)c1. The normalized spacial score (nSPS) is 13.0. The van der Waals surface area contributed by atoms with Crippen molar-refractivity contribution in [2.75, 3.05) is 0 Å². The third-order valence-corrected chi connectivity index (χ3v) is 27.2. The van der Waals surface area contributed by atoms with Gasteiger partial charge < -0.3 is 0 Å². The second kappa shape index (κ2) is 9.94. The summed E-state index contributed by atoms with van der Waals surface area (Å²) in [5, 5.41) is 0. The maximum atomic E-state index is 14.5. The molecule has 0 heterocycles. The summed E-state index contributed by atoms with van der Waals surface area (Å²) in [6, 6.07) is 45.0. The Hall–Kier alpha value is -3.17. The van der Waals surface area contributed by atoms with E-state index in [0.29, 0.717) is 5.56 Å². The van der Waals surface area contributed by atoms with Crippen molar-refractivity contribution in [3.63, 3.8) is 0 Å². The molecule has 5 aromatic carbocycles. The zero-order chi connectivity index (χ0) is 26.0. The van der Waals surface area contributed by atoms with Gasteiger partial charge in [-0.05, 0) is 0 Å². The van der Waals surface area contributed by atoms with Gasteiger partial charge in [0.25, 0.3) is 0 Å². The summed E-state index contributed by atoms with van der Waals surface area (Å²) >= 11 is -5.55. The second-order valence-corrected chi connectivity index (χ2v) is 23.8. The number of aryl methyl sites for hydroxylation is 2. The molecular weight excluding hydrogens is 586 g/mol. The molecule has 0 bridgehead atoms. The van der Waals surface area contributed by atoms with Gasteiger partial charge in [0.2, 0.25) is 0 Å². The van der Waals surface area contributed by atoms with Crippen LogP contribution in [0.3, 0.4) is 0 Å². The van der Waals surface area contributed by atoms with Crippen molar-refractivity contribution in [2.45, 2.75) is 18.7 Å². The van der Waals surface area contributed by atoms with Gasteiger partial charge in [0.05, 0.1) is 0 Å². The van der Waals surface area contributed by atoms with Crippen molar-refractivity contribution in [1.29, 1.82) is 0 Å². The average Bonchev–Trinajstić information content (AvgIpc) is 2.93. The van der Waals surface area contributed by atoms with E-state index in [1.807, 2.05) is 147 Å². The van der Waals surface area contributed by atoms with E-state index in [0.717, 1.165) is 19.6 Å². The molecule has 0 aliphatic rings. The monoisotopic (exact) mass is 614 g/mol. The van der Waals surface area contributed by atoms with Gasteiger partial charge in [0, 0.05) is 0 Å². The van der Waals surface area contributed by atoms with Gasteiger partial charge in [-0.2, -0.15) is 0 Å². The number of hydrogen-bond acceptors (Lipinski definition) is 3. The molecule has 0 spiro atoms. The summed E-state index contributed by atoms with van der Waals surface area (Å²) < 4.78 is 39.6. The summed E-state index contributed by atoms with van der Waals surface area (Å²) in [5.74, 6) is 0. The maximum absolute atomic E-state index is 14.5. The fourth-order valence-electron chi connectivity index (χ4n) is 5.23. The molecule has 5 heteroatoms. The summed E-state index contributed by atoms with van der Waals surface area (Å²) in [6.45, 7) is 3.78. The molecule has 0 amide bonds. The van der Waals surface area contributed by atoms with Crippen LogP contribution in [-0.4, -0.2) is 26.2 Å². The molecular formula is C32H29O3SSb. The van der Waals surface area contributed by atoms with Gasteiger partial charge in [0.15, 0.2) is 0 Å². The fourth-order valence-corrected chi connectivity index (χ4v) is 27.3. The standard InChI is InChI=1S/C8H10O3S.4C6H5.Sb/c1-6-3-4-8(7(2)5-6)12(9,10)11;4*1-2-4-6-5-3-1;/h3-5H,1-2H3,(H,9,10,11);4*1-5H;/q;;;;;+1/p-1. The first-order valence-electron chi connectivity index (χ1n) is 12.2. The molecule has 5 rings (SSSR count). The van der Waals surface area contributed by atoms with Crippen molar-refractivity contribution >= 4 is 42.0 Å². The molecule has 0 unspecified atom stereocenters. The Morgan fingerprint density at radius 3 is 1.19 bits per heavy atom. The minimum absolute atomic E-state index is 0.190. The Morgan fingerprint density at radius 1 is 0.514 bits per heavy atom. The molecule has 0 atom stereocenters. The fraction of sp³-hybridized carbons (Fsp3) is 0.0625. The van der Waals surface area contributed by atoms with Crippen molar-refractivity contribution in [1.82, 2.24) is 0 Å². The van der Waals surface area contributed by atoms with Crippen LogP contribution in [0.5, 0.6) is 0 Å². The van der Waals surface area contributed by atoms with Crippen LogP contribution in [0, 0.1) is 13.8 Å². The van der Waals surface area contributed by atoms with E-state index in [9.17, 15) is 8.42 Å². The second-order valence-electron chi connectivity index (χ2n) is 9.18. The molecule has 0 aliphatic heterocycles. The topological polar surface area (TPSA) is 43.4 Å². The van der Waals surface area contributed by atoms with Gasteiger partial charge in [0.1, 0.15) is 0 Å². The van der Waals surface area contributed by atoms with Gasteiger partial charge in [-0.3, -0.25) is 0 Å². The number of benzene rings is 5. The molecule has 5 aromatic rings. The van der Waals surface area contributed by atoms with Gasteiger partial charge >= 0.3 is 222 Å². The van der Waals surface area contributed by atoms with Crippen molar-refractivity contribution in [2.24, 2.45) is 0 Å². The molecule has 0 fully saturated rings. The Balaban J connectivity index is 2.01. The van der Waals surface area contributed by atoms with E-state index in [2.05, 4.69) is 0 Å². The summed E-state index contributed by atoms with van der Waals surface area (Å²) in [5.41, 5.74) is 1.66. The molecule has 0 N–H and O–H groups in total. The van der Waals surface area contributed by atoms with Crippen LogP contribution in [0.4, 0.5) is 0 Å². The molecule has 186 valence electrons. The summed E-state index contributed by atoms with van der Waals surface area (Å²) in [7, 11) is -4.23. The van der Waals surface area contributed by atoms with Crippen LogP contribution in [0.2, 0.25) is 0 Å². The molecule has 37 heavy (non-hydrogen) atoms. The van der Waals surface area contributed by atoms with Crippen LogP contribution in [-0.2, 0) is 12.6 Å². The van der Waals surface area contributed by atoms with Crippen molar-refractivity contribution in [3.05, 3.63) is 151 Å². The van der Waals surface area contributed by atoms with E-state index in [4.69, 9.17) is 2.46 Å². The van der Waals surface area contributed by atoms with E-state index in [1.165, 1.54) is 0 Å². The molecule has 0 saturated heterocycles. The summed E-state index contributed by atoms with van der Waals surface area (Å²) in [6.07, 6.45) is 0. The van der Waals surface area contributed by atoms with Crippen molar-refractivity contribution < 1.29 is 10.9 Å². The van der Waals surface area contributed by atoms with E-state index >= 15 is 0 Å². The van der Waals surface area contributed by atoms with Crippen molar-refractivity contribution in [3.8, 4) is 0 Å². The minimum atomic E-state index is -5.55. The Kier molecular flexibility index (Phi) is 6.85. The van der Waals surface area contributed by atoms with E-state index in [1.54, 1.807) is 6.07 Å². The number of rotatable bonds is 7. The Bertz CT molecular complexity index is 1450. The predicted molar refractivity (Wildman–Crippen MR) is 154 cm³/mol. The Labute approximate surface area is 221 Å². The van der Waals surface area contributed by atoms with Crippen LogP contribution < -0.4 is 14.0 Å². The third kappa shape index (κ3) is 4.14. The van der Waals surface area contributed by atoms with Gasteiger partial charge in [-0.25, -0.2) is 0 Å². The number of hydrogen-bond donors (Lipinski definition) is 0. The van der Waals surface area contributed by atoms with Crippen LogP contribution in [0.25, 0.3) is 0 Å². The predicted octanol–water partition coefficient (Wildman–Crippen LogP) is 4.54. The van der Waals surface area contributed by atoms with Gasteiger partial charge in [-0.1, -0.05) is 0 Å². The first-order valence-corrected chi connectivity index (χ1v) is 19.7. The molecule has 0 aromatic heterocycles. The summed E-state index contributed by atoms with van der Waals surface area (Å²) in [4.78, 5) is 0.190. The Morgan fingerprint density at radius 2 is 0.865 bits per heavy atom. The van der Waals surface area contributed by atoms with Gasteiger partial charge in [-0.15, -0.1) is 0 Å². The third-order valence-electron chi connectivity index (χ3n) is 6.84. The molecule has 0 radical (unpaired) electrons. The zero-order valence-electron chi connectivity index (χ0n) is 20.9. The van der Waals surface area contributed by atoms with Crippen LogP contribution >= 0.6 is 0 Å².